The van der Waals surface area contributed by atoms with E-state index in [0.29, 0.717) is 5.71 Å². The summed E-state index contributed by atoms with van der Waals surface area (Å²) in [6.07, 6.45) is 1.52. The summed E-state index contributed by atoms with van der Waals surface area (Å²) in [7, 11) is 1.65. The van der Waals surface area contributed by atoms with Crippen LogP contribution < -0.4 is 10.1 Å². The van der Waals surface area contributed by atoms with Gasteiger partial charge >= 0.3 is 0 Å². The first-order valence-electron chi connectivity index (χ1n) is 8.45. The number of furan rings is 1. The van der Waals surface area contributed by atoms with Gasteiger partial charge in [-0.1, -0.05) is 30.3 Å². The van der Waals surface area contributed by atoms with Gasteiger partial charge < -0.3 is 14.5 Å². The summed E-state index contributed by atoms with van der Waals surface area (Å²) >= 11 is 0. The van der Waals surface area contributed by atoms with E-state index in [0.717, 1.165) is 28.3 Å². The first-order valence-corrected chi connectivity index (χ1v) is 8.45. The zero-order valence-corrected chi connectivity index (χ0v) is 14.6. The zero-order valence-electron chi connectivity index (χ0n) is 14.6. The van der Waals surface area contributed by atoms with Crippen LogP contribution >= 0.6 is 0 Å². The largest absolute Gasteiger partial charge is 0.497 e. The van der Waals surface area contributed by atoms with Gasteiger partial charge in [-0.2, -0.15) is 0 Å². The average molecular weight is 345 g/mol. The molecule has 0 radical (unpaired) electrons. The highest BCUT2D eigenvalue weighted by Gasteiger charge is 2.14. The molecular weight excluding hydrogens is 326 g/mol. The number of fused-ring (bicyclic) bond motifs is 1. The molecule has 2 aromatic carbocycles. The number of nitrogens with one attached hydrogen (secondary N) is 1. The number of rotatable bonds is 5. The maximum Gasteiger partial charge on any atom is 0.231 e. The van der Waals surface area contributed by atoms with Crippen molar-refractivity contribution in [2.75, 3.05) is 12.4 Å². The topological polar surface area (TPSA) is 60.2 Å². The van der Waals surface area contributed by atoms with Gasteiger partial charge in [0, 0.05) is 11.6 Å². The van der Waals surface area contributed by atoms with E-state index in [9.17, 15) is 0 Å². The minimum absolute atomic E-state index is 0.119. The molecule has 0 amide bonds. The zero-order chi connectivity index (χ0) is 17.9. The molecular formula is C21H19N3O2. The van der Waals surface area contributed by atoms with Gasteiger partial charge in [0.1, 0.15) is 23.7 Å². The second kappa shape index (κ2) is 6.88. The van der Waals surface area contributed by atoms with Gasteiger partial charge in [0.15, 0.2) is 0 Å². The van der Waals surface area contributed by atoms with Gasteiger partial charge in [-0.05, 0) is 42.8 Å². The smallest absolute Gasteiger partial charge is 0.231 e. The monoisotopic (exact) mass is 345 g/mol. The second-order valence-electron chi connectivity index (χ2n) is 6.06. The Bertz CT molecular complexity index is 1010. The van der Waals surface area contributed by atoms with E-state index >= 15 is 0 Å². The van der Waals surface area contributed by atoms with Gasteiger partial charge in [-0.3, -0.25) is 0 Å². The van der Waals surface area contributed by atoms with Crippen LogP contribution in [0.1, 0.15) is 18.5 Å². The van der Waals surface area contributed by atoms with Gasteiger partial charge in [-0.25, -0.2) is 9.97 Å². The normalized spacial score (nSPS) is 12.1. The summed E-state index contributed by atoms with van der Waals surface area (Å²) < 4.78 is 11.1. The number of nitrogens with zero attached hydrogens (tertiary/aromatic N) is 2. The number of methoxy groups -OCH3 is 1. The Morgan fingerprint density at radius 1 is 1.00 bits per heavy atom. The highest BCUT2D eigenvalue weighted by atomic mass is 16.5. The molecule has 4 rings (SSSR count). The number of anilines is 1. The van der Waals surface area contributed by atoms with Crippen molar-refractivity contribution in [3.8, 4) is 17.1 Å². The quantitative estimate of drug-likeness (QED) is 0.547. The van der Waals surface area contributed by atoms with Crippen LogP contribution in [0.15, 0.2) is 71.4 Å². The molecule has 0 aliphatic heterocycles. The van der Waals surface area contributed by atoms with Crippen LogP contribution in [0.3, 0.4) is 0 Å². The van der Waals surface area contributed by atoms with E-state index in [1.165, 1.54) is 11.9 Å². The number of aromatic nitrogens is 2. The van der Waals surface area contributed by atoms with E-state index in [4.69, 9.17) is 9.15 Å². The van der Waals surface area contributed by atoms with Gasteiger partial charge in [-0.15, -0.1) is 0 Å². The Kier molecular flexibility index (Phi) is 4.27. The van der Waals surface area contributed by atoms with E-state index in [1.807, 2.05) is 48.5 Å². The predicted octanol–water partition coefficient (Wildman–Crippen LogP) is 5.07. The predicted molar refractivity (Wildman–Crippen MR) is 102 cm³/mol. The molecule has 5 nitrogen and oxygen atoms in total. The molecule has 1 atom stereocenters. The molecule has 0 aliphatic rings. The Morgan fingerprint density at radius 2 is 1.77 bits per heavy atom. The van der Waals surface area contributed by atoms with Crippen molar-refractivity contribution in [3.05, 3.63) is 72.6 Å². The van der Waals surface area contributed by atoms with Crippen molar-refractivity contribution >= 4 is 16.9 Å². The van der Waals surface area contributed by atoms with Gasteiger partial charge in [0.2, 0.25) is 5.71 Å². The van der Waals surface area contributed by atoms with Crippen LogP contribution in [0.25, 0.3) is 22.4 Å². The maximum atomic E-state index is 5.92. The molecule has 0 fully saturated rings. The number of ether oxygens (including phenoxy) is 1. The van der Waals surface area contributed by atoms with E-state index < -0.39 is 0 Å². The lowest BCUT2D eigenvalue weighted by atomic mass is 10.1. The van der Waals surface area contributed by atoms with Crippen LogP contribution in [0.4, 0.5) is 5.82 Å². The third-order valence-electron chi connectivity index (χ3n) is 4.36. The van der Waals surface area contributed by atoms with Crippen LogP contribution in [0.2, 0.25) is 0 Å². The SMILES string of the molecule is COc1ccc(-c2cc3c(N[C@H](C)c4ccccc4)ncnc3o2)cc1. The van der Waals surface area contributed by atoms with Crippen LogP contribution in [-0.2, 0) is 0 Å². The molecule has 130 valence electrons. The summed E-state index contributed by atoms with van der Waals surface area (Å²) in [6, 6.07) is 20.1. The fourth-order valence-corrected chi connectivity index (χ4v) is 2.90. The first-order chi connectivity index (χ1) is 12.7. The van der Waals surface area contributed by atoms with Crippen molar-refractivity contribution in [2.24, 2.45) is 0 Å². The van der Waals surface area contributed by atoms with Gasteiger partial charge in [0.25, 0.3) is 0 Å². The molecule has 2 aromatic heterocycles. The Hall–Kier alpha value is -3.34. The second-order valence-corrected chi connectivity index (χ2v) is 6.06. The summed E-state index contributed by atoms with van der Waals surface area (Å²) in [6.45, 7) is 2.10. The molecule has 0 spiro atoms. The molecule has 1 N–H and O–H groups in total. The Morgan fingerprint density at radius 3 is 2.50 bits per heavy atom. The van der Waals surface area contributed by atoms with Crippen molar-refractivity contribution in [2.45, 2.75) is 13.0 Å². The number of benzene rings is 2. The lowest BCUT2D eigenvalue weighted by molar-refractivity contribution is 0.415. The molecule has 0 unspecified atom stereocenters. The van der Waals surface area contributed by atoms with E-state index in [1.54, 1.807) is 7.11 Å². The first kappa shape index (κ1) is 16.1. The lowest BCUT2D eigenvalue weighted by Gasteiger charge is -2.14. The summed E-state index contributed by atoms with van der Waals surface area (Å²) in [5.74, 6) is 2.32. The van der Waals surface area contributed by atoms with Crippen molar-refractivity contribution in [3.63, 3.8) is 0 Å². The highest BCUT2D eigenvalue weighted by molar-refractivity contribution is 5.89. The third kappa shape index (κ3) is 3.11. The van der Waals surface area contributed by atoms with Crippen molar-refractivity contribution in [1.82, 2.24) is 9.97 Å². The fraction of sp³-hybridized carbons (Fsp3) is 0.143. The molecule has 0 aliphatic carbocycles. The molecule has 26 heavy (non-hydrogen) atoms. The van der Waals surface area contributed by atoms with E-state index in [-0.39, 0.29) is 6.04 Å². The average Bonchev–Trinajstić information content (AvgIpc) is 3.14. The minimum atomic E-state index is 0.119. The van der Waals surface area contributed by atoms with E-state index in [2.05, 4.69) is 34.3 Å². The lowest BCUT2D eigenvalue weighted by Crippen LogP contribution is -2.08. The molecule has 5 heteroatoms. The number of hydrogen-bond acceptors (Lipinski definition) is 5. The van der Waals surface area contributed by atoms with Crippen molar-refractivity contribution < 1.29 is 9.15 Å². The maximum absolute atomic E-state index is 5.92. The highest BCUT2D eigenvalue weighted by Crippen LogP contribution is 2.32. The molecule has 0 saturated heterocycles. The van der Waals surface area contributed by atoms with Gasteiger partial charge in [0.05, 0.1) is 12.5 Å². The molecule has 0 saturated carbocycles. The number of hydrogen-bond donors (Lipinski definition) is 1. The summed E-state index contributed by atoms with van der Waals surface area (Å²) in [5, 5.41) is 4.32. The van der Waals surface area contributed by atoms with Crippen LogP contribution in [0, 0.1) is 0 Å². The summed E-state index contributed by atoms with van der Waals surface area (Å²) in [5.41, 5.74) is 2.72. The molecule has 4 aromatic rings. The Labute approximate surface area is 151 Å². The fourth-order valence-electron chi connectivity index (χ4n) is 2.90. The van der Waals surface area contributed by atoms with Crippen molar-refractivity contribution in [1.29, 1.82) is 0 Å². The third-order valence-corrected chi connectivity index (χ3v) is 4.36. The van der Waals surface area contributed by atoms with Crippen LogP contribution in [-0.4, -0.2) is 17.1 Å². The minimum Gasteiger partial charge on any atom is -0.497 e. The molecule has 0 bridgehead atoms. The molecule has 2 heterocycles. The summed E-state index contributed by atoms with van der Waals surface area (Å²) in [4.78, 5) is 8.66. The Balaban J connectivity index is 1.67. The standard InChI is InChI=1S/C21H19N3O2/c1-14(15-6-4-3-5-7-15)24-20-18-12-19(26-21(18)23-13-22-20)16-8-10-17(25-2)11-9-16/h3-14H,1-2H3,(H,22,23,24)/t14-/m1/s1. The van der Waals surface area contributed by atoms with Crippen LogP contribution in [0.5, 0.6) is 5.75 Å².